The Kier molecular flexibility index (Phi) is 14.3. The second-order valence-electron chi connectivity index (χ2n) is 4.19. The monoisotopic (exact) mass is 240 g/mol. The van der Waals surface area contributed by atoms with Crippen LogP contribution in [0.1, 0.15) is 58.3 Å². The fraction of sp³-hybridized carbons (Fsp3) is 0.733. The van der Waals surface area contributed by atoms with E-state index in [0.29, 0.717) is 6.61 Å². The fourth-order valence-electron chi connectivity index (χ4n) is 1.56. The first-order valence-corrected chi connectivity index (χ1v) is 6.91. The summed E-state index contributed by atoms with van der Waals surface area (Å²) >= 11 is 0. The Morgan fingerprint density at radius 3 is 2.35 bits per heavy atom. The van der Waals surface area contributed by atoms with Crippen LogP contribution in [0, 0.1) is 0 Å². The van der Waals surface area contributed by atoms with Gasteiger partial charge in [0.05, 0.1) is 25.7 Å². The van der Waals surface area contributed by atoms with Crippen LogP contribution in [0.4, 0.5) is 0 Å². The van der Waals surface area contributed by atoms with E-state index >= 15 is 0 Å². The zero-order valence-corrected chi connectivity index (χ0v) is 11.3. The summed E-state index contributed by atoms with van der Waals surface area (Å²) in [6, 6.07) is 0. The maximum atomic E-state index is 5.33. The van der Waals surface area contributed by atoms with Gasteiger partial charge in [-0.05, 0) is 18.9 Å². The first-order chi connectivity index (χ1) is 8.41. The summed E-state index contributed by atoms with van der Waals surface area (Å²) in [7, 11) is 0. The van der Waals surface area contributed by atoms with Gasteiger partial charge in [-0.15, -0.1) is 0 Å². The maximum Gasteiger partial charge on any atom is 0.0905 e. The Hall–Kier alpha value is -0.920. The molecule has 0 aliphatic heterocycles. The van der Waals surface area contributed by atoms with E-state index in [1.807, 2.05) is 6.26 Å². The molecule has 0 unspecified atom stereocenters. The second-order valence-corrected chi connectivity index (χ2v) is 4.19. The van der Waals surface area contributed by atoms with Crippen molar-refractivity contribution < 1.29 is 9.47 Å². The molecule has 0 fully saturated rings. The topological polar surface area (TPSA) is 18.5 Å². The summed E-state index contributed by atoms with van der Waals surface area (Å²) in [5, 5.41) is 0. The third kappa shape index (κ3) is 15.1. The third-order valence-corrected chi connectivity index (χ3v) is 2.56. The molecule has 100 valence electrons. The minimum atomic E-state index is 0.689. The van der Waals surface area contributed by atoms with Gasteiger partial charge in [0.2, 0.25) is 0 Å². The molecular formula is C15H28O2. The number of hydrogen-bond acceptors (Lipinski definition) is 2. The van der Waals surface area contributed by atoms with E-state index < -0.39 is 0 Å². The Morgan fingerprint density at radius 2 is 1.59 bits per heavy atom. The highest BCUT2D eigenvalue weighted by Crippen LogP contribution is 2.07. The number of rotatable bonds is 13. The van der Waals surface area contributed by atoms with Gasteiger partial charge in [0, 0.05) is 6.42 Å². The van der Waals surface area contributed by atoms with E-state index in [-0.39, 0.29) is 0 Å². The average Bonchev–Trinajstić information content (AvgIpc) is 2.35. The average molecular weight is 240 g/mol. The SMILES string of the molecule is C=COCCCOC=CCCCCCCCC. The molecule has 0 atom stereocenters. The molecule has 0 aromatic heterocycles. The molecule has 17 heavy (non-hydrogen) atoms. The normalized spacial score (nSPS) is 10.6. The minimum absolute atomic E-state index is 0.689. The Morgan fingerprint density at radius 1 is 0.882 bits per heavy atom. The molecule has 0 aliphatic rings. The molecule has 0 bridgehead atoms. The molecule has 0 rings (SSSR count). The lowest BCUT2D eigenvalue weighted by molar-refractivity contribution is 0.184. The molecule has 2 nitrogen and oxygen atoms in total. The van der Waals surface area contributed by atoms with Crippen molar-refractivity contribution in [1.29, 1.82) is 0 Å². The van der Waals surface area contributed by atoms with Crippen molar-refractivity contribution in [3.8, 4) is 0 Å². The lowest BCUT2D eigenvalue weighted by Gasteiger charge is -2.01. The van der Waals surface area contributed by atoms with Crippen LogP contribution in [0.3, 0.4) is 0 Å². The van der Waals surface area contributed by atoms with Crippen molar-refractivity contribution in [2.24, 2.45) is 0 Å². The molecule has 0 aromatic carbocycles. The van der Waals surface area contributed by atoms with E-state index in [4.69, 9.17) is 9.47 Å². The lowest BCUT2D eigenvalue weighted by Crippen LogP contribution is -1.93. The van der Waals surface area contributed by atoms with Crippen LogP contribution in [0.5, 0.6) is 0 Å². The molecule has 0 N–H and O–H groups in total. The largest absolute Gasteiger partial charge is 0.502 e. The first-order valence-electron chi connectivity index (χ1n) is 6.91. The summed E-state index contributed by atoms with van der Waals surface area (Å²) in [6.45, 7) is 7.14. The predicted octanol–water partition coefficient (Wildman–Crippen LogP) is 4.82. The van der Waals surface area contributed by atoms with E-state index in [1.54, 1.807) is 0 Å². The zero-order chi connectivity index (χ0) is 12.6. The summed E-state index contributed by atoms with van der Waals surface area (Å²) < 4.78 is 10.3. The van der Waals surface area contributed by atoms with Crippen molar-refractivity contribution in [3.63, 3.8) is 0 Å². The number of unbranched alkanes of at least 4 members (excludes halogenated alkanes) is 6. The maximum absolute atomic E-state index is 5.33. The van der Waals surface area contributed by atoms with Crippen molar-refractivity contribution in [2.45, 2.75) is 58.3 Å². The van der Waals surface area contributed by atoms with Crippen LogP contribution < -0.4 is 0 Å². The van der Waals surface area contributed by atoms with Gasteiger partial charge in [-0.1, -0.05) is 45.6 Å². The van der Waals surface area contributed by atoms with Crippen molar-refractivity contribution in [2.75, 3.05) is 13.2 Å². The summed E-state index contributed by atoms with van der Waals surface area (Å²) in [5.41, 5.74) is 0. The van der Waals surface area contributed by atoms with E-state index in [9.17, 15) is 0 Å². The molecule has 0 radical (unpaired) electrons. The van der Waals surface area contributed by atoms with Gasteiger partial charge in [-0.25, -0.2) is 0 Å². The van der Waals surface area contributed by atoms with E-state index in [1.165, 1.54) is 44.8 Å². The molecule has 0 heterocycles. The third-order valence-electron chi connectivity index (χ3n) is 2.56. The summed E-state index contributed by atoms with van der Waals surface area (Å²) in [6.07, 6.45) is 15.5. The van der Waals surface area contributed by atoms with Gasteiger partial charge in [0.25, 0.3) is 0 Å². The van der Waals surface area contributed by atoms with Gasteiger partial charge >= 0.3 is 0 Å². The number of ether oxygens (including phenoxy) is 2. The van der Waals surface area contributed by atoms with Crippen molar-refractivity contribution in [1.82, 2.24) is 0 Å². The van der Waals surface area contributed by atoms with E-state index in [0.717, 1.165) is 19.4 Å². The molecule has 0 spiro atoms. The van der Waals surface area contributed by atoms with Gasteiger partial charge in [-0.2, -0.15) is 0 Å². The van der Waals surface area contributed by atoms with Crippen LogP contribution in [0.15, 0.2) is 25.2 Å². The molecule has 0 aromatic rings. The highest BCUT2D eigenvalue weighted by atomic mass is 16.5. The van der Waals surface area contributed by atoms with Crippen molar-refractivity contribution >= 4 is 0 Å². The molecule has 0 aliphatic carbocycles. The van der Waals surface area contributed by atoms with Gasteiger partial charge in [0.1, 0.15) is 0 Å². The van der Waals surface area contributed by atoms with Gasteiger partial charge in [0.15, 0.2) is 0 Å². The molecule has 0 amide bonds. The zero-order valence-electron chi connectivity index (χ0n) is 11.3. The Balaban J connectivity index is 3.01. The molecule has 2 heteroatoms. The van der Waals surface area contributed by atoms with Crippen LogP contribution >= 0.6 is 0 Å². The van der Waals surface area contributed by atoms with Crippen LogP contribution in [-0.4, -0.2) is 13.2 Å². The van der Waals surface area contributed by atoms with Gasteiger partial charge < -0.3 is 9.47 Å². The smallest absolute Gasteiger partial charge is 0.0905 e. The second kappa shape index (κ2) is 15.1. The van der Waals surface area contributed by atoms with E-state index in [2.05, 4.69) is 19.6 Å². The van der Waals surface area contributed by atoms with Crippen molar-refractivity contribution in [3.05, 3.63) is 25.2 Å². The number of allylic oxidation sites excluding steroid dienone is 1. The molecular weight excluding hydrogens is 212 g/mol. The molecule has 0 saturated carbocycles. The van der Waals surface area contributed by atoms with Crippen LogP contribution in [0.2, 0.25) is 0 Å². The fourth-order valence-corrected chi connectivity index (χ4v) is 1.56. The Labute approximate surface area is 107 Å². The standard InChI is InChI=1S/C15H28O2/c1-3-5-6-7-8-9-10-11-13-17-15-12-14-16-4-2/h4,11,13H,2-3,5-10,12,14-15H2,1H3. The summed E-state index contributed by atoms with van der Waals surface area (Å²) in [5.74, 6) is 0. The van der Waals surface area contributed by atoms with Crippen LogP contribution in [-0.2, 0) is 9.47 Å². The predicted molar refractivity (Wildman–Crippen MR) is 73.9 cm³/mol. The summed E-state index contributed by atoms with van der Waals surface area (Å²) in [4.78, 5) is 0. The quantitative estimate of drug-likeness (QED) is 0.339. The Bertz CT molecular complexity index is 176. The van der Waals surface area contributed by atoms with Gasteiger partial charge in [-0.3, -0.25) is 0 Å². The highest BCUT2D eigenvalue weighted by molar-refractivity contribution is 4.73. The highest BCUT2D eigenvalue weighted by Gasteiger charge is 1.88. The number of hydrogen-bond donors (Lipinski definition) is 0. The lowest BCUT2D eigenvalue weighted by atomic mass is 10.1. The molecule has 0 saturated heterocycles. The first kappa shape index (κ1) is 16.1. The van der Waals surface area contributed by atoms with Crippen LogP contribution in [0.25, 0.3) is 0 Å². The minimum Gasteiger partial charge on any atom is -0.502 e.